The SMILES string of the molecule is CCNC(=NCC(c1cccc(F)c1)N1CCOCC1)NCCCOCCOC.I. The molecule has 30 heavy (non-hydrogen) atoms. The molecule has 0 amide bonds. The molecule has 0 radical (unpaired) electrons. The fourth-order valence-corrected chi connectivity index (χ4v) is 3.18. The Kier molecular flexibility index (Phi) is 15.0. The highest BCUT2D eigenvalue weighted by atomic mass is 127. The highest BCUT2D eigenvalue weighted by molar-refractivity contribution is 14.0. The Morgan fingerprint density at radius 1 is 1.23 bits per heavy atom. The Balaban J connectivity index is 0.00000450. The summed E-state index contributed by atoms with van der Waals surface area (Å²) in [4.78, 5) is 7.09. The van der Waals surface area contributed by atoms with E-state index in [-0.39, 0.29) is 35.8 Å². The molecule has 0 bridgehead atoms. The highest BCUT2D eigenvalue weighted by Gasteiger charge is 2.23. The maximum atomic E-state index is 13.8. The fourth-order valence-electron chi connectivity index (χ4n) is 3.18. The number of rotatable bonds is 12. The van der Waals surface area contributed by atoms with Gasteiger partial charge in [-0.15, -0.1) is 24.0 Å². The molecule has 1 heterocycles. The lowest BCUT2D eigenvalue weighted by molar-refractivity contribution is 0.0179. The van der Waals surface area contributed by atoms with Gasteiger partial charge in [0.15, 0.2) is 5.96 Å². The van der Waals surface area contributed by atoms with E-state index < -0.39 is 0 Å². The van der Waals surface area contributed by atoms with Gasteiger partial charge >= 0.3 is 0 Å². The molecule has 1 saturated heterocycles. The first-order valence-corrected chi connectivity index (χ1v) is 10.4. The van der Waals surface area contributed by atoms with E-state index in [1.165, 1.54) is 6.07 Å². The van der Waals surface area contributed by atoms with Crippen LogP contribution in [0.1, 0.15) is 24.9 Å². The molecule has 1 unspecified atom stereocenters. The first-order valence-electron chi connectivity index (χ1n) is 10.4. The van der Waals surface area contributed by atoms with E-state index in [4.69, 9.17) is 19.2 Å². The molecule has 0 saturated carbocycles. The first kappa shape index (κ1) is 27.0. The number of ether oxygens (including phenoxy) is 3. The van der Waals surface area contributed by atoms with Gasteiger partial charge in [-0.1, -0.05) is 12.1 Å². The van der Waals surface area contributed by atoms with E-state index in [2.05, 4.69) is 15.5 Å². The number of hydrogen-bond acceptors (Lipinski definition) is 5. The first-order chi connectivity index (χ1) is 14.2. The minimum atomic E-state index is -0.219. The quantitative estimate of drug-likeness (QED) is 0.185. The summed E-state index contributed by atoms with van der Waals surface area (Å²) in [5.41, 5.74) is 0.943. The average molecular weight is 538 g/mol. The summed E-state index contributed by atoms with van der Waals surface area (Å²) >= 11 is 0. The van der Waals surface area contributed by atoms with Gasteiger partial charge in [0.05, 0.1) is 39.0 Å². The number of benzene rings is 1. The zero-order valence-electron chi connectivity index (χ0n) is 18.1. The molecular formula is C21H36FIN4O3. The Morgan fingerprint density at radius 3 is 2.73 bits per heavy atom. The molecule has 1 aromatic carbocycles. The molecule has 1 aromatic rings. The molecule has 7 nitrogen and oxygen atoms in total. The van der Waals surface area contributed by atoms with Crippen LogP contribution in [0.15, 0.2) is 29.3 Å². The van der Waals surface area contributed by atoms with Gasteiger partial charge in [0.1, 0.15) is 5.82 Å². The molecule has 2 N–H and O–H groups in total. The topological polar surface area (TPSA) is 67.4 Å². The predicted molar refractivity (Wildman–Crippen MR) is 128 cm³/mol. The third kappa shape index (κ3) is 10.3. The van der Waals surface area contributed by atoms with Crippen LogP contribution in [0.4, 0.5) is 4.39 Å². The second-order valence-corrected chi connectivity index (χ2v) is 6.82. The van der Waals surface area contributed by atoms with Gasteiger partial charge in [0, 0.05) is 39.9 Å². The Morgan fingerprint density at radius 2 is 2.03 bits per heavy atom. The van der Waals surface area contributed by atoms with Crippen molar-refractivity contribution >= 4 is 29.9 Å². The minimum absolute atomic E-state index is 0. The van der Waals surface area contributed by atoms with E-state index in [1.807, 2.05) is 13.0 Å². The Bertz CT molecular complexity index is 603. The van der Waals surface area contributed by atoms with E-state index in [9.17, 15) is 4.39 Å². The van der Waals surface area contributed by atoms with Crippen molar-refractivity contribution in [2.75, 3.05) is 72.9 Å². The summed E-state index contributed by atoms with van der Waals surface area (Å²) in [6.07, 6.45) is 0.880. The van der Waals surface area contributed by atoms with Crippen LogP contribution in [0, 0.1) is 5.82 Å². The lowest BCUT2D eigenvalue weighted by Crippen LogP contribution is -2.42. The van der Waals surface area contributed by atoms with Crippen molar-refractivity contribution in [1.29, 1.82) is 0 Å². The van der Waals surface area contributed by atoms with Gasteiger partial charge in [-0.25, -0.2) is 4.39 Å². The third-order valence-electron chi connectivity index (χ3n) is 4.68. The summed E-state index contributed by atoms with van der Waals surface area (Å²) in [5.74, 6) is 0.544. The van der Waals surface area contributed by atoms with Crippen molar-refractivity contribution in [1.82, 2.24) is 15.5 Å². The number of nitrogens with zero attached hydrogens (tertiary/aromatic N) is 2. The number of morpholine rings is 1. The molecule has 1 atom stereocenters. The molecule has 1 aliphatic rings. The molecule has 1 fully saturated rings. The van der Waals surface area contributed by atoms with Crippen LogP contribution in [-0.4, -0.2) is 83.7 Å². The van der Waals surface area contributed by atoms with Crippen LogP contribution in [0.3, 0.4) is 0 Å². The van der Waals surface area contributed by atoms with Gasteiger partial charge in [-0.2, -0.15) is 0 Å². The second-order valence-electron chi connectivity index (χ2n) is 6.82. The van der Waals surface area contributed by atoms with Crippen LogP contribution in [0.5, 0.6) is 0 Å². The number of methoxy groups -OCH3 is 1. The second kappa shape index (κ2) is 16.7. The highest BCUT2D eigenvalue weighted by Crippen LogP contribution is 2.23. The van der Waals surface area contributed by atoms with Crippen molar-refractivity contribution < 1.29 is 18.6 Å². The van der Waals surface area contributed by atoms with Gasteiger partial charge in [0.25, 0.3) is 0 Å². The molecule has 0 spiro atoms. The summed E-state index contributed by atoms with van der Waals surface area (Å²) in [7, 11) is 1.66. The van der Waals surface area contributed by atoms with E-state index in [0.717, 1.165) is 44.1 Å². The van der Waals surface area contributed by atoms with E-state index in [1.54, 1.807) is 19.2 Å². The zero-order chi connectivity index (χ0) is 20.7. The van der Waals surface area contributed by atoms with E-state index >= 15 is 0 Å². The third-order valence-corrected chi connectivity index (χ3v) is 4.68. The van der Waals surface area contributed by atoms with Gasteiger partial charge in [-0.05, 0) is 31.0 Å². The molecule has 0 aliphatic carbocycles. The standard InChI is InChI=1S/C21H35FN4O3.HI/c1-3-23-21(24-8-5-11-28-15-14-27-2)25-17-20(26-9-12-29-13-10-26)18-6-4-7-19(22)16-18;/h4,6-7,16,20H,3,5,8-15,17H2,1-2H3,(H2,23,24,25);1H. The van der Waals surface area contributed by atoms with Crippen LogP contribution in [0.25, 0.3) is 0 Å². The summed E-state index contributed by atoms with van der Waals surface area (Å²) in [5, 5.41) is 6.62. The van der Waals surface area contributed by atoms with Crippen LogP contribution < -0.4 is 10.6 Å². The summed E-state index contributed by atoms with van der Waals surface area (Å²) < 4.78 is 29.7. The van der Waals surface area contributed by atoms with Gasteiger partial charge in [0.2, 0.25) is 0 Å². The Labute approximate surface area is 196 Å². The zero-order valence-corrected chi connectivity index (χ0v) is 20.4. The number of aliphatic imine (C=N–C) groups is 1. The van der Waals surface area contributed by atoms with Crippen molar-refractivity contribution in [3.8, 4) is 0 Å². The summed E-state index contributed by atoms with van der Waals surface area (Å²) in [6, 6.07) is 6.82. The molecule has 9 heteroatoms. The van der Waals surface area contributed by atoms with Gasteiger partial charge < -0.3 is 24.8 Å². The number of hydrogen-bond donors (Lipinski definition) is 2. The number of nitrogens with one attached hydrogen (secondary N) is 2. The molecule has 2 rings (SSSR count). The number of halogens is 2. The molecular weight excluding hydrogens is 502 g/mol. The largest absolute Gasteiger partial charge is 0.382 e. The lowest BCUT2D eigenvalue weighted by Gasteiger charge is -2.34. The normalized spacial score (nSPS) is 16.0. The predicted octanol–water partition coefficient (Wildman–Crippen LogP) is 2.43. The Hall–Kier alpha value is -1.01. The lowest BCUT2D eigenvalue weighted by atomic mass is 10.0. The van der Waals surface area contributed by atoms with Crippen LogP contribution in [0.2, 0.25) is 0 Å². The van der Waals surface area contributed by atoms with Crippen LogP contribution in [-0.2, 0) is 14.2 Å². The smallest absolute Gasteiger partial charge is 0.191 e. The molecule has 1 aliphatic heterocycles. The van der Waals surface area contributed by atoms with Gasteiger partial charge in [-0.3, -0.25) is 9.89 Å². The average Bonchev–Trinajstić information content (AvgIpc) is 2.74. The molecule has 172 valence electrons. The van der Waals surface area contributed by atoms with Crippen molar-refractivity contribution in [2.24, 2.45) is 4.99 Å². The fraction of sp³-hybridized carbons (Fsp3) is 0.667. The van der Waals surface area contributed by atoms with E-state index in [0.29, 0.717) is 39.6 Å². The van der Waals surface area contributed by atoms with Crippen molar-refractivity contribution in [2.45, 2.75) is 19.4 Å². The number of guanidine groups is 1. The van der Waals surface area contributed by atoms with Crippen LogP contribution >= 0.6 is 24.0 Å². The molecule has 0 aromatic heterocycles. The maximum Gasteiger partial charge on any atom is 0.191 e. The summed E-state index contributed by atoms with van der Waals surface area (Å²) in [6.45, 7) is 9.04. The van der Waals surface area contributed by atoms with Crippen molar-refractivity contribution in [3.05, 3.63) is 35.6 Å². The monoisotopic (exact) mass is 538 g/mol. The minimum Gasteiger partial charge on any atom is -0.382 e. The maximum absolute atomic E-state index is 13.8. The van der Waals surface area contributed by atoms with Crippen molar-refractivity contribution in [3.63, 3.8) is 0 Å².